The molecule has 1 N–H and O–H groups in total. The molecule has 14 heavy (non-hydrogen) atoms. The highest BCUT2D eigenvalue weighted by atomic mass is 16.4. The number of rotatable bonds is 0. The van der Waals surface area contributed by atoms with Crippen LogP contribution in [-0.4, -0.2) is 10.9 Å². The lowest BCUT2D eigenvalue weighted by molar-refractivity contribution is 0.317. The van der Waals surface area contributed by atoms with Gasteiger partial charge in [-0.15, -0.1) is 0 Å². The molecule has 1 saturated carbocycles. The van der Waals surface area contributed by atoms with Crippen LogP contribution >= 0.6 is 0 Å². The molecule has 2 heteroatoms. The maximum atomic E-state index is 9.02. The van der Waals surface area contributed by atoms with Crippen molar-refractivity contribution in [2.24, 2.45) is 17.0 Å². The zero-order valence-corrected chi connectivity index (χ0v) is 7.72. The third kappa shape index (κ3) is 1.00. The van der Waals surface area contributed by atoms with Crippen molar-refractivity contribution in [1.29, 1.82) is 0 Å². The molecule has 0 aromatic heterocycles. The summed E-state index contributed by atoms with van der Waals surface area (Å²) in [5, 5.41) is 12.5. The average molecular weight is 185 g/mol. The van der Waals surface area contributed by atoms with E-state index in [4.69, 9.17) is 5.21 Å². The van der Waals surface area contributed by atoms with Crippen LogP contribution < -0.4 is 0 Å². The number of nitrogens with zero attached hydrogens (tertiary/aromatic N) is 1. The Morgan fingerprint density at radius 3 is 3.00 bits per heavy atom. The van der Waals surface area contributed by atoms with Crippen molar-refractivity contribution < 1.29 is 5.21 Å². The maximum Gasteiger partial charge on any atom is 0.0910 e. The van der Waals surface area contributed by atoms with Crippen LogP contribution in [0.1, 0.15) is 17.5 Å². The fourth-order valence-electron chi connectivity index (χ4n) is 2.17. The molecule has 0 aliphatic heterocycles. The minimum Gasteiger partial charge on any atom is -0.411 e. The van der Waals surface area contributed by atoms with E-state index in [1.165, 1.54) is 0 Å². The molecule has 2 aliphatic carbocycles. The van der Waals surface area contributed by atoms with Crippen LogP contribution in [0.5, 0.6) is 0 Å². The molecule has 2 nitrogen and oxygen atoms in total. The highest BCUT2D eigenvalue weighted by Gasteiger charge is 2.41. The van der Waals surface area contributed by atoms with Crippen LogP contribution in [-0.2, 0) is 0 Å². The van der Waals surface area contributed by atoms with Gasteiger partial charge in [0.1, 0.15) is 0 Å². The Bertz CT molecular complexity index is 434. The maximum absolute atomic E-state index is 9.02. The van der Waals surface area contributed by atoms with Crippen LogP contribution in [0.2, 0.25) is 0 Å². The van der Waals surface area contributed by atoms with Gasteiger partial charge in [-0.25, -0.2) is 0 Å². The Balaban J connectivity index is 2.20. The van der Waals surface area contributed by atoms with Gasteiger partial charge in [0.05, 0.1) is 5.71 Å². The predicted molar refractivity (Wildman–Crippen MR) is 55.4 cm³/mol. The number of allylic oxidation sites excluding steroid dienone is 1. The van der Waals surface area contributed by atoms with Gasteiger partial charge < -0.3 is 5.21 Å². The molecular weight excluding hydrogens is 174 g/mol. The molecule has 1 aromatic rings. The molecule has 0 saturated heterocycles. The smallest absolute Gasteiger partial charge is 0.0910 e. The van der Waals surface area contributed by atoms with Crippen molar-refractivity contribution in [2.75, 3.05) is 0 Å². The number of hydrogen-bond donors (Lipinski definition) is 1. The summed E-state index contributed by atoms with van der Waals surface area (Å²) in [5.41, 5.74) is 3.10. The Labute approximate surface area is 82.6 Å². The summed E-state index contributed by atoms with van der Waals surface area (Å²) in [6.07, 6.45) is 5.49. The minimum absolute atomic E-state index is 0.444. The zero-order valence-electron chi connectivity index (χ0n) is 7.72. The standard InChI is InChI=1S/C12H11NO/c14-13-12-10-4-2-1-3-8(10)5-6-9-7-11(9)12/h1-6,9,11,14H,7H2/b13-12+/t9-,11+/m0/s1. The van der Waals surface area contributed by atoms with Gasteiger partial charge in [0, 0.05) is 11.5 Å². The molecule has 0 radical (unpaired) electrons. The first kappa shape index (κ1) is 7.80. The third-order valence-electron chi connectivity index (χ3n) is 3.06. The first-order valence-corrected chi connectivity index (χ1v) is 4.89. The third-order valence-corrected chi connectivity index (χ3v) is 3.06. The Kier molecular flexibility index (Phi) is 1.51. The molecule has 0 bridgehead atoms. The quantitative estimate of drug-likeness (QED) is 0.489. The van der Waals surface area contributed by atoms with Crippen molar-refractivity contribution in [1.82, 2.24) is 0 Å². The van der Waals surface area contributed by atoms with Gasteiger partial charge >= 0.3 is 0 Å². The minimum atomic E-state index is 0.444. The van der Waals surface area contributed by atoms with Crippen molar-refractivity contribution in [2.45, 2.75) is 6.42 Å². The van der Waals surface area contributed by atoms with Crippen LogP contribution in [0.15, 0.2) is 35.5 Å². The number of benzene rings is 1. The van der Waals surface area contributed by atoms with Crippen molar-refractivity contribution >= 4 is 11.8 Å². The van der Waals surface area contributed by atoms with Gasteiger partial charge in [0.25, 0.3) is 0 Å². The van der Waals surface area contributed by atoms with E-state index >= 15 is 0 Å². The Morgan fingerprint density at radius 1 is 1.29 bits per heavy atom. The van der Waals surface area contributed by atoms with E-state index in [0.29, 0.717) is 11.8 Å². The van der Waals surface area contributed by atoms with E-state index in [0.717, 1.165) is 23.3 Å². The monoisotopic (exact) mass is 185 g/mol. The summed E-state index contributed by atoms with van der Waals surface area (Å²) < 4.78 is 0. The summed E-state index contributed by atoms with van der Waals surface area (Å²) in [6, 6.07) is 8.08. The van der Waals surface area contributed by atoms with E-state index in [1.807, 2.05) is 18.2 Å². The summed E-state index contributed by atoms with van der Waals surface area (Å²) >= 11 is 0. The Morgan fingerprint density at radius 2 is 2.14 bits per heavy atom. The van der Waals surface area contributed by atoms with E-state index in [2.05, 4.69) is 23.4 Å². The van der Waals surface area contributed by atoms with E-state index in [9.17, 15) is 0 Å². The Hall–Kier alpha value is -1.57. The summed E-state index contributed by atoms with van der Waals surface area (Å²) in [7, 11) is 0. The lowest BCUT2D eigenvalue weighted by Gasteiger charge is -2.05. The molecule has 2 atom stereocenters. The summed E-state index contributed by atoms with van der Waals surface area (Å²) in [4.78, 5) is 0. The first-order valence-electron chi connectivity index (χ1n) is 4.89. The molecular formula is C12H11NO. The molecule has 0 amide bonds. The van der Waals surface area contributed by atoms with Gasteiger partial charge in [0.2, 0.25) is 0 Å². The number of oxime groups is 1. The topological polar surface area (TPSA) is 32.6 Å². The lowest BCUT2D eigenvalue weighted by atomic mass is 10.0. The van der Waals surface area contributed by atoms with Crippen molar-refractivity contribution in [3.63, 3.8) is 0 Å². The van der Waals surface area contributed by atoms with E-state index in [1.54, 1.807) is 0 Å². The largest absolute Gasteiger partial charge is 0.411 e. The van der Waals surface area contributed by atoms with Crippen LogP contribution in [0, 0.1) is 11.8 Å². The molecule has 70 valence electrons. The molecule has 1 fully saturated rings. The van der Waals surface area contributed by atoms with Crippen LogP contribution in [0.3, 0.4) is 0 Å². The van der Waals surface area contributed by atoms with E-state index in [-0.39, 0.29) is 0 Å². The SMILES string of the molecule is O/N=C1\c2ccccc2C=C[C@H]2C[C@@H]12. The summed E-state index contributed by atoms with van der Waals surface area (Å²) in [5.74, 6) is 1.04. The van der Waals surface area contributed by atoms with Gasteiger partial charge in [-0.1, -0.05) is 41.6 Å². The normalized spacial score (nSPS) is 30.7. The van der Waals surface area contributed by atoms with Crippen LogP contribution in [0.4, 0.5) is 0 Å². The van der Waals surface area contributed by atoms with Crippen molar-refractivity contribution in [3.8, 4) is 0 Å². The average Bonchev–Trinajstić information content (AvgIpc) is 2.96. The van der Waals surface area contributed by atoms with E-state index < -0.39 is 0 Å². The fraction of sp³-hybridized carbons (Fsp3) is 0.250. The zero-order chi connectivity index (χ0) is 9.54. The highest BCUT2D eigenvalue weighted by Crippen LogP contribution is 2.45. The van der Waals surface area contributed by atoms with Gasteiger partial charge in [-0.2, -0.15) is 0 Å². The number of fused-ring (bicyclic) bond motifs is 2. The lowest BCUT2D eigenvalue weighted by Crippen LogP contribution is -2.05. The molecule has 2 aliphatic rings. The van der Waals surface area contributed by atoms with Gasteiger partial charge in [0.15, 0.2) is 0 Å². The van der Waals surface area contributed by atoms with Gasteiger partial charge in [-0.05, 0) is 17.9 Å². The highest BCUT2D eigenvalue weighted by molar-refractivity contribution is 6.07. The molecule has 3 rings (SSSR count). The predicted octanol–water partition coefficient (Wildman–Crippen LogP) is 2.53. The molecule has 0 heterocycles. The second-order valence-corrected chi connectivity index (χ2v) is 3.94. The molecule has 0 spiro atoms. The molecule has 0 unspecified atom stereocenters. The molecule has 1 aromatic carbocycles. The van der Waals surface area contributed by atoms with Crippen molar-refractivity contribution in [3.05, 3.63) is 41.5 Å². The van der Waals surface area contributed by atoms with Gasteiger partial charge in [-0.3, -0.25) is 0 Å². The second kappa shape index (κ2) is 2.71. The number of hydrogen-bond acceptors (Lipinski definition) is 2. The summed E-state index contributed by atoms with van der Waals surface area (Å²) in [6.45, 7) is 0. The first-order chi connectivity index (χ1) is 6.90. The second-order valence-electron chi connectivity index (χ2n) is 3.94. The van der Waals surface area contributed by atoms with Crippen LogP contribution in [0.25, 0.3) is 6.08 Å². The fourth-order valence-corrected chi connectivity index (χ4v) is 2.17.